The first-order chi connectivity index (χ1) is 13.4. The maximum absolute atomic E-state index is 12.7. The number of aromatic nitrogens is 1. The molecule has 3 rings (SSSR count). The number of methoxy groups -OCH3 is 1. The molecule has 1 heterocycles. The lowest BCUT2D eigenvalue weighted by Crippen LogP contribution is -2.22. The minimum atomic E-state index is -0.405. The zero-order valence-corrected chi connectivity index (χ0v) is 16.0. The highest BCUT2D eigenvalue weighted by molar-refractivity contribution is 6.06. The molecule has 0 radical (unpaired) electrons. The van der Waals surface area contributed by atoms with Gasteiger partial charge in [0.1, 0.15) is 11.6 Å². The molecule has 28 heavy (non-hydrogen) atoms. The van der Waals surface area contributed by atoms with E-state index in [2.05, 4.69) is 15.6 Å². The number of anilines is 2. The lowest BCUT2D eigenvalue weighted by Gasteiger charge is -2.14. The number of hydrogen-bond donors (Lipinski definition) is 2. The van der Waals surface area contributed by atoms with Crippen molar-refractivity contribution >= 4 is 29.2 Å². The lowest BCUT2D eigenvalue weighted by atomic mass is 10.1. The molecule has 146 valence electrons. The highest BCUT2D eigenvalue weighted by atomic mass is 16.5. The van der Waals surface area contributed by atoms with Crippen LogP contribution in [-0.4, -0.2) is 48.8 Å². The normalized spacial score (nSPS) is 12.8. The zero-order valence-electron chi connectivity index (χ0n) is 16.0. The van der Waals surface area contributed by atoms with Crippen molar-refractivity contribution < 1.29 is 19.1 Å². The quantitative estimate of drug-likeness (QED) is 0.799. The lowest BCUT2D eigenvalue weighted by molar-refractivity contribution is -0.117. The van der Waals surface area contributed by atoms with E-state index in [0.29, 0.717) is 28.4 Å². The Labute approximate surface area is 162 Å². The van der Waals surface area contributed by atoms with Crippen LogP contribution in [0.15, 0.2) is 36.5 Å². The Kier molecular flexibility index (Phi) is 5.58. The third-order valence-electron chi connectivity index (χ3n) is 4.32. The molecule has 8 nitrogen and oxygen atoms in total. The molecule has 1 aromatic carbocycles. The monoisotopic (exact) mass is 382 g/mol. The van der Waals surface area contributed by atoms with Gasteiger partial charge in [-0.05, 0) is 43.2 Å². The van der Waals surface area contributed by atoms with Gasteiger partial charge in [-0.1, -0.05) is 0 Å². The Morgan fingerprint density at radius 2 is 1.82 bits per heavy atom. The Hall–Kier alpha value is -3.42. The Balaban J connectivity index is 1.79. The van der Waals surface area contributed by atoms with Crippen molar-refractivity contribution in [3.63, 3.8) is 0 Å². The average Bonchev–Trinajstić information content (AvgIpc) is 3.52. The van der Waals surface area contributed by atoms with E-state index in [1.165, 1.54) is 24.3 Å². The van der Waals surface area contributed by atoms with Gasteiger partial charge in [-0.3, -0.25) is 14.4 Å². The Morgan fingerprint density at radius 3 is 2.46 bits per heavy atom. The van der Waals surface area contributed by atoms with Crippen LogP contribution in [0.1, 0.15) is 33.6 Å². The number of ether oxygens (including phenoxy) is 1. The summed E-state index contributed by atoms with van der Waals surface area (Å²) in [5, 5.41) is 5.47. The number of hydrogen-bond acceptors (Lipinski definition) is 5. The molecule has 1 aliphatic rings. The largest absolute Gasteiger partial charge is 0.495 e. The first-order valence-electron chi connectivity index (χ1n) is 8.87. The van der Waals surface area contributed by atoms with Gasteiger partial charge in [0.15, 0.2) is 0 Å². The third-order valence-corrected chi connectivity index (χ3v) is 4.32. The number of carbonyl (C=O) groups is 3. The van der Waals surface area contributed by atoms with Gasteiger partial charge < -0.3 is 20.3 Å². The zero-order chi connectivity index (χ0) is 20.3. The molecule has 1 aromatic heterocycles. The van der Waals surface area contributed by atoms with Crippen molar-refractivity contribution in [1.82, 2.24) is 9.88 Å². The molecule has 0 spiro atoms. The van der Waals surface area contributed by atoms with E-state index in [0.717, 1.165) is 12.8 Å². The van der Waals surface area contributed by atoms with Crippen molar-refractivity contribution in [2.75, 3.05) is 31.8 Å². The second-order valence-electron chi connectivity index (χ2n) is 6.76. The standard InChI is InChI=1S/C20H22N4O4/c1-24(2)20(27)14-6-7-16(28-3)15(10-14)22-19(26)13-8-9-21-17(11-13)23-18(25)12-4-5-12/h6-12H,4-5H2,1-3H3,(H,22,26)(H,21,23,25). The summed E-state index contributed by atoms with van der Waals surface area (Å²) in [6.45, 7) is 0. The molecule has 0 aliphatic heterocycles. The SMILES string of the molecule is COc1ccc(C(=O)N(C)C)cc1NC(=O)c1ccnc(NC(=O)C2CC2)c1. The summed E-state index contributed by atoms with van der Waals surface area (Å²) in [5.41, 5.74) is 1.13. The van der Waals surface area contributed by atoms with E-state index in [1.807, 2.05) is 0 Å². The molecule has 2 N–H and O–H groups in total. The average molecular weight is 382 g/mol. The van der Waals surface area contributed by atoms with E-state index < -0.39 is 5.91 Å². The summed E-state index contributed by atoms with van der Waals surface area (Å²) in [7, 11) is 4.79. The summed E-state index contributed by atoms with van der Waals surface area (Å²) in [5.74, 6) is 0.124. The van der Waals surface area contributed by atoms with Crippen molar-refractivity contribution in [3.05, 3.63) is 47.7 Å². The maximum Gasteiger partial charge on any atom is 0.255 e. The number of carbonyl (C=O) groups excluding carboxylic acids is 3. The van der Waals surface area contributed by atoms with Gasteiger partial charge in [0.25, 0.3) is 11.8 Å². The van der Waals surface area contributed by atoms with Crippen LogP contribution in [-0.2, 0) is 4.79 Å². The second-order valence-corrected chi connectivity index (χ2v) is 6.76. The topological polar surface area (TPSA) is 101 Å². The van der Waals surface area contributed by atoms with Crippen LogP contribution in [0.4, 0.5) is 11.5 Å². The molecule has 8 heteroatoms. The molecular weight excluding hydrogens is 360 g/mol. The molecule has 3 amide bonds. The molecule has 1 saturated carbocycles. The van der Waals surface area contributed by atoms with Gasteiger partial charge in [0, 0.05) is 37.3 Å². The van der Waals surface area contributed by atoms with Gasteiger partial charge >= 0.3 is 0 Å². The minimum Gasteiger partial charge on any atom is -0.495 e. The van der Waals surface area contributed by atoms with Gasteiger partial charge in [-0.15, -0.1) is 0 Å². The smallest absolute Gasteiger partial charge is 0.255 e. The van der Waals surface area contributed by atoms with E-state index in [1.54, 1.807) is 38.4 Å². The summed E-state index contributed by atoms with van der Waals surface area (Å²) in [4.78, 5) is 42.3. The predicted molar refractivity (Wildman–Crippen MR) is 105 cm³/mol. The summed E-state index contributed by atoms with van der Waals surface area (Å²) < 4.78 is 5.28. The van der Waals surface area contributed by atoms with Crippen LogP contribution in [0.25, 0.3) is 0 Å². The molecule has 0 saturated heterocycles. The van der Waals surface area contributed by atoms with Crippen LogP contribution in [0.3, 0.4) is 0 Å². The van der Waals surface area contributed by atoms with E-state index in [9.17, 15) is 14.4 Å². The highest BCUT2D eigenvalue weighted by Gasteiger charge is 2.29. The first kappa shape index (κ1) is 19.3. The number of benzene rings is 1. The molecule has 2 aromatic rings. The number of nitrogens with one attached hydrogen (secondary N) is 2. The van der Waals surface area contributed by atoms with Crippen LogP contribution < -0.4 is 15.4 Å². The summed E-state index contributed by atoms with van der Waals surface area (Å²) in [6, 6.07) is 7.88. The van der Waals surface area contributed by atoms with E-state index in [-0.39, 0.29) is 17.7 Å². The van der Waals surface area contributed by atoms with Crippen LogP contribution >= 0.6 is 0 Å². The van der Waals surface area contributed by atoms with E-state index in [4.69, 9.17) is 4.74 Å². The number of amides is 3. The molecule has 1 aliphatic carbocycles. The fraction of sp³-hybridized carbons (Fsp3) is 0.300. The fourth-order valence-electron chi connectivity index (χ4n) is 2.61. The van der Waals surface area contributed by atoms with Gasteiger partial charge in [0.05, 0.1) is 12.8 Å². The Bertz CT molecular complexity index is 922. The predicted octanol–water partition coefficient (Wildman–Crippen LogP) is 2.39. The van der Waals surface area contributed by atoms with Crippen molar-refractivity contribution in [3.8, 4) is 5.75 Å². The fourth-order valence-corrected chi connectivity index (χ4v) is 2.61. The van der Waals surface area contributed by atoms with E-state index >= 15 is 0 Å². The summed E-state index contributed by atoms with van der Waals surface area (Å²) >= 11 is 0. The van der Waals surface area contributed by atoms with Crippen LogP contribution in [0.2, 0.25) is 0 Å². The van der Waals surface area contributed by atoms with Crippen molar-refractivity contribution in [1.29, 1.82) is 0 Å². The third kappa shape index (κ3) is 4.46. The second kappa shape index (κ2) is 8.08. The van der Waals surface area contributed by atoms with Gasteiger partial charge in [-0.25, -0.2) is 4.98 Å². The van der Waals surface area contributed by atoms with Crippen molar-refractivity contribution in [2.45, 2.75) is 12.8 Å². The van der Waals surface area contributed by atoms with Crippen LogP contribution in [0, 0.1) is 5.92 Å². The Morgan fingerprint density at radius 1 is 1.07 bits per heavy atom. The van der Waals surface area contributed by atoms with Gasteiger partial charge in [-0.2, -0.15) is 0 Å². The van der Waals surface area contributed by atoms with Crippen LogP contribution in [0.5, 0.6) is 5.75 Å². The maximum atomic E-state index is 12.7. The number of nitrogens with zero attached hydrogens (tertiary/aromatic N) is 2. The summed E-state index contributed by atoms with van der Waals surface area (Å²) in [6.07, 6.45) is 3.22. The molecular formula is C20H22N4O4. The molecule has 1 fully saturated rings. The first-order valence-corrected chi connectivity index (χ1v) is 8.87. The van der Waals surface area contributed by atoms with Gasteiger partial charge in [0.2, 0.25) is 5.91 Å². The molecule has 0 unspecified atom stereocenters. The number of pyridine rings is 1. The molecule has 0 bridgehead atoms. The minimum absolute atomic E-state index is 0.0421. The van der Waals surface area contributed by atoms with Crippen molar-refractivity contribution in [2.24, 2.45) is 5.92 Å². The number of rotatable bonds is 6. The molecule has 0 atom stereocenters. The highest BCUT2D eigenvalue weighted by Crippen LogP contribution is 2.30.